The second-order valence-electron chi connectivity index (χ2n) is 1.50. The zero-order chi connectivity index (χ0) is 6.78. The Morgan fingerprint density at radius 2 is 2.00 bits per heavy atom. The smallest absolute Gasteiger partial charge is 0.212 e. The number of rotatable bonds is 2. The quantitative estimate of drug-likeness (QED) is 0.538. The summed E-state index contributed by atoms with van der Waals surface area (Å²) in [5.41, 5.74) is 0. The van der Waals surface area contributed by atoms with Gasteiger partial charge in [-0.1, -0.05) is 0 Å². The molecule has 1 radical (unpaired) electrons. The van der Waals surface area contributed by atoms with Crippen molar-refractivity contribution in [1.82, 2.24) is 4.31 Å². The van der Waals surface area contributed by atoms with Crippen LogP contribution in [0, 0.1) is 7.05 Å². The molecule has 0 aliphatic carbocycles. The van der Waals surface area contributed by atoms with Gasteiger partial charge in [-0.2, -0.15) is 0 Å². The maximum Gasteiger partial charge on any atom is 0.213 e. The van der Waals surface area contributed by atoms with Crippen LogP contribution in [-0.4, -0.2) is 25.5 Å². The lowest BCUT2D eigenvalue weighted by atomic mass is 11.0. The summed E-state index contributed by atoms with van der Waals surface area (Å²) in [5, 5.41) is 0. The van der Waals surface area contributed by atoms with Crippen LogP contribution >= 0.6 is 0 Å². The molecule has 0 atom stereocenters. The molecule has 0 amide bonds. The standard InChI is InChI=1S/C4H10NO2S/c1-4-8(6,7)5(2)3/h2,4H2,1,3H3. The number of nitrogens with zero attached hydrogens (tertiary/aromatic N) is 1. The van der Waals surface area contributed by atoms with Gasteiger partial charge in [-0.3, -0.25) is 0 Å². The molecular weight excluding hydrogens is 126 g/mol. The van der Waals surface area contributed by atoms with Crippen molar-refractivity contribution in [3.8, 4) is 0 Å². The minimum absolute atomic E-state index is 0.118. The highest BCUT2D eigenvalue weighted by atomic mass is 32.2. The lowest BCUT2D eigenvalue weighted by Gasteiger charge is -2.06. The Balaban J connectivity index is 4.17. The third kappa shape index (κ3) is 1.79. The lowest BCUT2D eigenvalue weighted by molar-refractivity contribution is 0.538. The zero-order valence-corrected chi connectivity index (χ0v) is 5.90. The molecule has 0 saturated heterocycles. The zero-order valence-electron chi connectivity index (χ0n) is 5.09. The third-order valence-corrected chi connectivity index (χ3v) is 2.52. The van der Waals surface area contributed by atoms with Crippen LogP contribution in [0.2, 0.25) is 0 Å². The van der Waals surface area contributed by atoms with E-state index in [9.17, 15) is 8.42 Å². The molecule has 4 heteroatoms. The Hall–Kier alpha value is -0.0900. The van der Waals surface area contributed by atoms with Gasteiger partial charge in [0, 0.05) is 14.1 Å². The van der Waals surface area contributed by atoms with E-state index >= 15 is 0 Å². The molecule has 0 bridgehead atoms. The fraction of sp³-hybridized carbons (Fsp3) is 0.750. The Bertz CT molecular complexity index is 147. The van der Waals surface area contributed by atoms with Crippen LogP contribution in [0.25, 0.3) is 0 Å². The van der Waals surface area contributed by atoms with E-state index < -0.39 is 10.0 Å². The third-order valence-electron chi connectivity index (χ3n) is 0.840. The minimum Gasteiger partial charge on any atom is -0.212 e. The van der Waals surface area contributed by atoms with Gasteiger partial charge in [0.1, 0.15) is 0 Å². The summed E-state index contributed by atoms with van der Waals surface area (Å²) >= 11 is 0. The molecule has 0 spiro atoms. The number of hydrogen-bond acceptors (Lipinski definition) is 2. The van der Waals surface area contributed by atoms with Gasteiger partial charge in [0.25, 0.3) is 0 Å². The molecular formula is C4H10NO2S. The van der Waals surface area contributed by atoms with Gasteiger partial charge in [-0.15, -0.1) is 0 Å². The fourth-order valence-electron chi connectivity index (χ4n) is 0.220. The lowest BCUT2D eigenvalue weighted by Crippen LogP contribution is -2.21. The predicted octanol–water partition coefficient (Wildman–Crippen LogP) is 0.0595. The van der Waals surface area contributed by atoms with Crippen LogP contribution in [-0.2, 0) is 10.0 Å². The Morgan fingerprint density at radius 3 is 2.00 bits per heavy atom. The predicted molar refractivity (Wildman–Crippen MR) is 32.6 cm³/mol. The van der Waals surface area contributed by atoms with Crippen molar-refractivity contribution in [2.24, 2.45) is 0 Å². The van der Waals surface area contributed by atoms with E-state index in [0.29, 0.717) is 0 Å². The van der Waals surface area contributed by atoms with E-state index in [4.69, 9.17) is 0 Å². The van der Waals surface area contributed by atoms with Crippen LogP contribution in [0.1, 0.15) is 6.92 Å². The van der Waals surface area contributed by atoms with E-state index in [2.05, 4.69) is 7.05 Å². The minimum atomic E-state index is -3.01. The highest BCUT2D eigenvalue weighted by Crippen LogP contribution is 1.92. The summed E-state index contributed by atoms with van der Waals surface area (Å²) in [6.07, 6.45) is 0. The van der Waals surface area contributed by atoms with Gasteiger partial charge < -0.3 is 0 Å². The van der Waals surface area contributed by atoms with Gasteiger partial charge in [-0.25, -0.2) is 12.7 Å². The summed E-state index contributed by atoms with van der Waals surface area (Å²) < 4.78 is 22.1. The first-order valence-electron chi connectivity index (χ1n) is 2.28. The van der Waals surface area contributed by atoms with Crippen molar-refractivity contribution in [3.63, 3.8) is 0 Å². The van der Waals surface area contributed by atoms with Gasteiger partial charge in [0.15, 0.2) is 0 Å². The molecule has 0 aliphatic heterocycles. The first-order chi connectivity index (χ1) is 3.50. The molecule has 0 aromatic carbocycles. The summed E-state index contributed by atoms with van der Waals surface area (Å²) in [7, 11) is 1.63. The number of hydrogen-bond donors (Lipinski definition) is 0. The van der Waals surface area contributed by atoms with Gasteiger partial charge in [0.05, 0.1) is 5.75 Å². The highest BCUT2D eigenvalue weighted by Gasteiger charge is 2.07. The first kappa shape index (κ1) is 7.91. The molecule has 0 heterocycles. The van der Waals surface area contributed by atoms with E-state index in [1.165, 1.54) is 7.05 Å². The molecule has 0 unspecified atom stereocenters. The summed E-state index contributed by atoms with van der Waals surface area (Å²) in [4.78, 5) is 0. The molecule has 0 aliphatic rings. The van der Waals surface area contributed by atoms with Gasteiger partial charge >= 0.3 is 0 Å². The fourth-order valence-corrected chi connectivity index (χ4v) is 0.661. The van der Waals surface area contributed by atoms with Crippen LogP contribution < -0.4 is 0 Å². The molecule has 0 aromatic heterocycles. The molecule has 0 N–H and O–H groups in total. The maximum absolute atomic E-state index is 10.6. The topological polar surface area (TPSA) is 37.4 Å². The van der Waals surface area contributed by atoms with Gasteiger partial charge in [-0.05, 0) is 6.92 Å². The molecule has 8 heavy (non-hydrogen) atoms. The SMILES string of the molecule is [CH2]N(C)S(=O)(=O)CC. The van der Waals surface area contributed by atoms with Crippen LogP contribution in [0.5, 0.6) is 0 Å². The summed E-state index contributed by atoms with van der Waals surface area (Å²) in [6.45, 7) is 1.58. The van der Waals surface area contributed by atoms with Crippen LogP contribution in [0.3, 0.4) is 0 Å². The summed E-state index contributed by atoms with van der Waals surface area (Å²) in [6, 6.07) is 0. The largest absolute Gasteiger partial charge is 0.213 e. The molecule has 0 saturated carbocycles. The van der Waals surface area contributed by atoms with Crippen molar-refractivity contribution in [2.45, 2.75) is 6.92 Å². The second-order valence-corrected chi connectivity index (χ2v) is 3.86. The highest BCUT2D eigenvalue weighted by molar-refractivity contribution is 7.89. The number of sulfonamides is 1. The maximum atomic E-state index is 10.6. The van der Waals surface area contributed by atoms with Crippen molar-refractivity contribution in [1.29, 1.82) is 0 Å². The second kappa shape index (κ2) is 2.46. The summed E-state index contributed by atoms with van der Waals surface area (Å²) in [5.74, 6) is 0.118. The Kier molecular flexibility index (Phi) is 2.43. The molecule has 0 aromatic rings. The molecule has 49 valence electrons. The van der Waals surface area contributed by atoms with E-state index in [1.54, 1.807) is 6.92 Å². The average Bonchev–Trinajstić information content (AvgIpc) is 1.67. The average molecular weight is 136 g/mol. The van der Waals surface area contributed by atoms with Crippen molar-refractivity contribution in [3.05, 3.63) is 7.05 Å². The normalized spacial score (nSPS) is 12.5. The van der Waals surface area contributed by atoms with Crippen molar-refractivity contribution < 1.29 is 8.42 Å². The monoisotopic (exact) mass is 136 g/mol. The Labute approximate surface area is 50.4 Å². The van der Waals surface area contributed by atoms with Crippen LogP contribution in [0.15, 0.2) is 0 Å². The van der Waals surface area contributed by atoms with Crippen molar-refractivity contribution >= 4 is 10.0 Å². The molecule has 3 nitrogen and oxygen atoms in total. The van der Waals surface area contributed by atoms with Crippen molar-refractivity contribution in [2.75, 3.05) is 12.8 Å². The van der Waals surface area contributed by atoms with E-state index in [1.807, 2.05) is 0 Å². The van der Waals surface area contributed by atoms with E-state index in [-0.39, 0.29) is 5.75 Å². The molecule has 0 rings (SSSR count). The first-order valence-corrected chi connectivity index (χ1v) is 3.88. The molecule has 0 fully saturated rings. The van der Waals surface area contributed by atoms with E-state index in [0.717, 1.165) is 4.31 Å². The Morgan fingerprint density at radius 1 is 1.62 bits per heavy atom. The van der Waals surface area contributed by atoms with Gasteiger partial charge in [0.2, 0.25) is 10.0 Å². The van der Waals surface area contributed by atoms with Crippen LogP contribution in [0.4, 0.5) is 0 Å².